The zero-order chi connectivity index (χ0) is 19.2. The van der Waals surface area contributed by atoms with E-state index in [9.17, 15) is 0 Å². The first-order chi connectivity index (χ1) is 11.3. The molecule has 0 nitrogen and oxygen atoms in total. The predicted molar refractivity (Wildman–Crippen MR) is 134 cm³/mol. The minimum atomic E-state index is 0.142. The lowest BCUT2D eigenvalue weighted by molar-refractivity contribution is 0.586. The third-order valence-electron chi connectivity index (χ3n) is 4.27. The summed E-state index contributed by atoms with van der Waals surface area (Å²) in [5.41, 5.74) is 5.74. The Hall–Kier alpha value is 0.860. The fourth-order valence-corrected chi connectivity index (χ4v) is 6.09. The maximum absolute atomic E-state index is 3.79. The van der Waals surface area contributed by atoms with Crippen LogP contribution in [0.2, 0.25) is 0 Å². The molecule has 0 aliphatic carbocycles. The highest BCUT2D eigenvalue weighted by molar-refractivity contribution is 14.1. The first-order valence-electron chi connectivity index (χ1n) is 8.27. The molecule has 136 valence electrons. The van der Waals surface area contributed by atoms with Gasteiger partial charge in [0.05, 0.1) is 0 Å². The minimum absolute atomic E-state index is 0.142. The molecule has 4 heteroatoms. The van der Waals surface area contributed by atoms with Crippen molar-refractivity contribution >= 4 is 77.0 Å². The maximum Gasteiger partial charge on any atom is 0.0216 e. The van der Waals surface area contributed by atoms with Crippen LogP contribution in [0.1, 0.15) is 63.8 Å². The van der Waals surface area contributed by atoms with Crippen molar-refractivity contribution < 1.29 is 0 Å². The molecule has 2 aromatic rings. The summed E-state index contributed by atoms with van der Waals surface area (Å²) in [7, 11) is 0. The van der Waals surface area contributed by atoms with Crippen LogP contribution in [0.25, 0.3) is 0 Å². The van der Waals surface area contributed by atoms with E-state index >= 15 is 0 Å². The van der Waals surface area contributed by atoms with Gasteiger partial charge in [0.1, 0.15) is 0 Å². The van der Waals surface area contributed by atoms with Crippen LogP contribution >= 0.6 is 77.0 Å². The van der Waals surface area contributed by atoms with Gasteiger partial charge in [-0.15, -0.1) is 0 Å². The Labute approximate surface area is 196 Å². The van der Waals surface area contributed by atoms with E-state index in [1.165, 1.54) is 38.3 Å². The largest absolute Gasteiger partial charge is 0.0560 e. The van der Waals surface area contributed by atoms with E-state index in [0.29, 0.717) is 0 Å². The van der Waals surface area contributed by atoms with E-state index in [0.717, 1.165) is 6.42 Å². The number of hydrogen-bond donors (Lipinski definition) is 0. The lowest BCUT2D eigenvalue weighted by Crippen LogP contribution is -2.14. The van der Waals surface area contributed by atoms with Crippen molar-refractivity contribution in [2.75, 3.05) is 0 Å². The van der Waals surface area contributed by atoms with Crippen molar-refractivity contribution in [3.63, 3.8) is 0 Å². The summed E-state index contributed by atoms with van der Waals surface area (Å²) in [5.74, 6) is 0. The highest BCUT2D eigenvalue weighted by Crippen LogP contribution is 2.36. The predicted octanol–water partition coefficient (Wildman–Crippen LogP) is 8.61. The molecule has 0 spiro atoms. The molecule has 0 fully saturated rings. The van der Waals surface area contributed by atoms with E-state index < -0.39 is 0 Å². The molecule has 0 aliphatic heterocycles. The van der Waals surface area contributed by atoms with Gasteiger partial charge in [-0.05, 0) is 109 Å². The first kappa shape index (κ1) is 22.2. The number of hydrogen-bond acceptors (Lipinski definition) is 0. The monoisotopic (exact) mass is 688 g/mol. The molecule has 0 atom stereocenters. The molecule has 0 saturated carbocycles. The van der Waals surface area contributed by atoms with Crippen molar-refractivity contribution in [3.8, 4) is 0 Å². The zero-order valence-corrected chi connectivity index (χ0v) is 23.0. The third-order valence-corrected chi connectivity index (χ3v) is 7.59. The van der Waals surface area contributed by atoms with Crippen LogP contribution in [-0.2, 0) is 17.3 Å². The second-order valence-corrected chi connectivity index (χ2v) is 12.6. The zero-order valence-electron chi connectivity index (χ0n) is 15.5. The summed E-state index contributed by atoms with van der Waals surface area (Å²) < 4.78 is 5.07. The van der Waals surface area contributed by atoms with Gasteiger partial charge in [-0.3, -0.25) is 0 Å². The lowest BCUT2D eigenvalue weighted by Gasteiger charge is -2.23. The summed E-state index contributed by atoms with van der Waals surface area (Å²) in [6, 6.07) is 9.24. The molecule has 0 radical (unpaired) electrons. The summed E-state index contributed by atoms with van der Waals surface area (Å²) in [6.45, 7) is 13.5. The summed E-state index contributed by atoms with van der Waals surface area (Å²) in [4.78, 5) is 0. The fourth-order valence-electron chi connectivity index (χ4n) is 2.80. The van der Waals surface area contributed by atoms with Crippen LogP contribution < -0.4 is 0 Å². The molecule has 25 heavy (non-hydrogen) atoms. The van der Waals surface area contributed by atoms with Gasteiger partial charge in [-0.25, -0.2) is 0 Å². The van der Waals surface area contributed by atoms with E-state index in [2.05, 4.69) is 143 Å². The molecule has 2 rings (SSSR count). The molecule has 0 unspecified atom stereocenters. The van der Waals surface area contributed by atoms with Gasteiger partial charge in [-0.1, -0.05) is 73.4 Å². The number of rotatable bonds is 2. The second kappa shape index (κ2) is 8.08. The second-order valence-electron chi connectivity index (χ2n) is 8.52. The van der Waals surface area contributed by atoms with Crippen LogP contribution in [0.15, 0.2) is 33.2 Å². The molecule has 0 aliphatic rings. The molecular formula is C21H24Br2I2. The molecule has 0 amide bonds. The van der Waals surface area contributed by atoms with Crippen LogP contribution in [0.4, 0.5) is 0 Å². The van der Waals surface area contributed by atoms with Crippen LogP contribution in [0.5, 0.6) is 0 Å². The summed E-state index contributed by atoms with van der Waals surface area (Å²) in [5, 5.41) is 0. The van der Waals surface area contributed by atoms with Crippen molar-refractivity contribution in [3.05, 3.63) is 62.6 Å². The highest BCUT2D eigenvalue weighted by Gasteiger charge is 2.21. The first-order valence-corrected chi connectivity index (χ1v) is 12.0. The SMILES string of the molecule is CC(C)(C)c1cc(I)c(Cc2cc(Br)c(C(C)(C)C)cc2I)cc1Br. The van der Waals surface area contributed by atoms with Gasteiger partial charge in [0.25, 0.3) is 0 Å². The van der Waals surface area contributed by atoms with E-state index in [1.54, 1.807) is 0 Å². The average Bonchev–Trinajstić information content (AvgIpc) is 2.43. The molecule has 0 aromatic heterocycles. The Morgan fingerprint density at radius 1 is 0.680 bits per heavy atom. The molecule has 0 bridgehead atoms. The Balaban J connectivity index is 2.44. The molecular weight excluding hydrogens is 666 g/mol. The van der Waals surface area contributed by atoms with Crippen LogP contribution in [0, 0.1) is 7.14 Å². The lowest BCUT2D eigenvalue weighted by atomic mass is 9.85. The van der Waals surface area contributed by atoms with Crippen molar-refractivity contribution in [1.29, 1.82) is 0 Å². The summed E-state index contributed by atoms with van der Waals surface area (Å²) >= 11 is 12.5. The number of halogens is 4. The standard InChI is InChI=1S/C21H24Br2I2/c1-20(2,3)14-10-18(24)12(8-16(14)22)7-13-9-17(23)15(11-19(13)25)21(4,5)6/h8-11H,7H2,1-6H3. The van der Waals surface area contributed by atoms with E-state index in [-0.39, 0.29) is 10.8 Å². The Morgan fingerprint density at radius 2 is 1.00 bits per heavy atom. The van der Waals surface area contributed by atoms with E-state index in [1.807, 2.05) is 0 Å². The van der Waals surface area contributed by atoms with Gasteiger partial charge in [-0.2, -0.15) is 0 Å². The van der Waals surface area contributed by atoms with Crippen molar-refractivity contribution in [2.24, 2.45) is 0 Å². The topological polar surface area (TPSA) is 0 Å². The Morgan fingerprint density at radius 3 is 1.28 bits per heavy atom. The van der Waals surface area contributed by atoms with Gasteiger partial charge < -0.3 is 0 Å². The maximum atomic E-state index is 3.79. The highest BCUT2D eigenvalue weighted by atomic mass is 127. The van der Waals surface area contributed by atoms with Gasteiger partial charge in [0, 0.05) is 16.1 Å². The van der Waals surface area contributed by atoms with Gasteiger partial charge in [0.2, 0.25) is 0 Å². The minimum Gasteiger partial charge on any atom is -0.0560 e. The molecule has 0 heterocycles. The van der Waals surface area contributed by atoms with Crippen LogP contribution in [-0.4, -0.2) is 0 Å². The normalized spacial score (nSPS) is 12.6. The molecule has 0 N–H and O–H groups in total. The van der Waals surface area contributed by atoms with Gasteiger partial charge >= 0.3 is 0 Å². The van der Waals surface area contributed by atoms with Crippen molar-refractivity contribution in [2.45, 2.75) is 58.8 Å². The van der Waals surface area contributed by atoms with Crippen molar-refractivity contribution in [1.82, 2.24) is 0 Å². The van der Waals surface area contributed by atoms with Gasteiger partial charge in [0.15, 0.2) is 0 Å². The number of benzene rings is 2. The Bertz CT molecular complexity index is 730. The average molecular weight is 690 g/mol. The molecule has 2 aromatic carbocycles. The fraction of sp³-hybridized carbons (Fsp3) is 0.429. The molecule has 0 saturated heterocycles. The quantitative estimate of drug-likeness (QED) is 0.277. The summed E-state index contributed by atoms with van der Waals surface area (Å²) in [6.07, 6.45) is 0.947. The Kier molecular flexibility index (Phi) is 7.16. The van der Waals surface area contributed by atoms with E-state index in [4.69, 9.17) is 0 Å². The smallest absolute Gasteiger partial charge is 0.0216 e. The van der Waals surface area contributed by atoms with Crippen LogP contribution in [0.3, 0.4) is 0 Å². The third kappa shape index (κ3) is 5.44.